The van der Waals surface area contributed by atoms with Crippen molar-refractivity contribution >= 4 is 11.7 Å². The molecule has 18 heavy (non-hydrogen) atoms. The van der Waals surface area contributed by atoms with Crippen molar-refractivity contribution in [1.29, 1.82) is 0 Å². The average molecular weight is 250 g/mol. The van der Waals surface area contributed by atoms with E-state index >= 15 is 0 Å². The molecule has 4 heteroatoms. The number of carbonyl (C=O) groups excluding carboxylic acids is 1. The van der Waals surface area contributed by atoms with Gasteiger partial charge >= 0.3 is 6.03 Å². The van der Waals surface area contributed by atoms with E-state index in [0.29, 0.717) is 11.7 Å². The smallest absolute Gasteiger partial charge is 0.322 e. The fourth-order valence-corrected chi connectivity index (χ4v) is 2.42. The van der Waals surface area contributed by atoms with Crippen LogP contribution in [0.4, 0.5) is 14.9 Å². The van der Waals surface area contributed by atoms with E-state index in [4.69, 9.17) is 0 Å². The molecule has 1 aromatic carbocycles. The Morgan fingerprint density at radius 3 is 2.78 bits per heavy atom. The molecule has 98 valence electrons. The topological polar surface area (TPSA) is 32.3 Å². The van der Waals surface area contributed by atoms with Gasteiger partial charge in [0.25, 0.3) is 0 Å². The van der Waals surface area contributed by atoms with Crippen molar-refractivity contribution in [2.24, 2.45) is 0 Å². The normalized spacial score (nSPS) is 19.7. The van der Waals surface area contributed by atoms with Gasteiger partial charge < -0.3 is 10.2 Å². The molecular formula is C14H19FN2O. The van der Waals surface area contributed by atoms with Crippen LogP contribution in [-0.2, 0) is 0 Å². The molecule has 1 aliphatic heterocycles. The van der Waals surface area contributed by atoms with E-state index in [1.54, 1.807) is 12.1 Å². The predicted octanol–water partition coefficient (Wildman–Crippen LogP) is 3.62. The maximum absolute atomic E-state index is 12.8. The fourth-order valence-electron chi connectivity index (χ4n) is 2.42. The van der Waals surface area contributed by atoms with Gasteiger partial charge in [-0.05, 0) is 49.9 Å². The average Bonchev–Trinajstić information content (AvgIpc) is 2.41. The quantitative estimate of drug-likeness (QED) is 0.854. The van der Waals surface area contributed by atoms with Gasteiger partial charge in [0.2, 0.25) is 0 Å². The van der Waals surface area contributed by atoms with Crippen LogP contribution >= 0.6 is 0 Å². The number of anilines is 1. The van der Waals surface area contributed by atoms with Gasteiger partial charge in [-0.3, -0.25) is 0 Å². The SMILES string of the molecule is CC[C@H]1CCCCN1C(=O)Nc1ccc(F)cc1. The lowest BCUT2D eigenvalue weighted by Crippen LogP contribution is -2.45. The lowest BCUT2D eigenvalue weighted by atomic mass is 10.0. The standard InChI is InChI=1S/C14H19FN2O/c1-2-13-5-3-4-10-17(13)14(18)16-12-8-6-11(15)7-9-12/h6-9,13H,2-5,10H2,1H3,(H,16,18)/t13-/m0/s1. The summed E-state index contributed by atoms with van der Waals surface area (Å²) in [7, 11) is 0. The summed E-state index contributed by atoms with van der Waals surface area (Å²) in [6.07, 6.45) is 4.32. The molecule has 0 radical (unpaired) electrons. The molecule has 1 N–H and O–H groups in total. The molecule has 0 saturated carbocycles. The summed E-state index contributed by atoms with van der Waals surface area (Å²) in [5.74, 6) is -0.294. The van der Waals surface area contributed by atoms with Gasteiger partial charge in [-0.1, -0.05) is 6.92 Å². The second-order valence-corrected chi connectivity index (χ2v) is 4.69. The molecule has 1 atom stereocenters. The Morgan fingerprint density at radius 1 is 1.39 bits per heavy atom. The number of benzene rings is 1. The Labute approximate surface area is 107 Å². The summed E-state index contributed by atoms with van der Waals surface area (Å²) in [4.78, 5) is 14.0. The van der Waals surface area contributed by atoms with Gasteiger partial charge in [-0.15, -0.1) is 0 Å². The number of urea groups is 1. The van der Waals surface area contributed by atoms with Crippen LogP contribution in [0.25, 0.3) is 0 Å². The number of nitrogens with one attached hydrogen (secondary N) is 1. The Morgan fingerprint density at radius 2 is 2.11 bits per heavy atom. The Kier molecular flexibility index (Phi) is 4.18. The van der Waals surface area contributed by atoms with E-state index in [1.807, 2.05) is 4.90 Å². The van der Waals surface area contributed by atoms with Crippen molar-refractivity contribution < 1.29 is 9.18 Å². The highest BCUT2D eigenvalue weighted by molar-refractivity contribution is 5.89. The first-order valence-corrected chi connectivity index (χ1v) is 6.54. The number of hydrogen-bond donors (Lipinski definition) is 1. The Balaban J connectivity index is 2.00. The van der Waals surface area contributed by atoms with E-state index in [-0.39, 0.29) is 11.8 Å². The molecule has 2 amide bonds. The molecule has 3 nitrogen and oxygen atoms in total. The van der Waals surface area contributed by atoms with Crippen LogP contribution in [0.15, 0.2) is 24.3 Å². The predicted molar refractivity (Wildman–Crippen MR) is 70.1 cm³/mol. The molecular weight excluding hydrogens is 231 g/mol. The zero-order chi connectivity index (χ0) is 13.0. The highest BCUT2D eigenvalue weighted by Crippen LogP contribution is 2.20. The number of amides is 2. The molecule has 1 aromatic rings. The molecule has 2 rings (SSSR count). The summed E-state index contributed by atoms with van der Waals surface area (Å²) in [6, 6.07) is 6.12. The summed E-state index contributed by atoms with van der Waals surface area (Å²) in [5.41, 5.74) is 0.641. The van der Waals surface area contributed by atoms with Gasteiger partial charge in [0.05, 0.1) is 0 Å². The number of rotatable bonds is 2. The highest BCUT2D eigenvalue weighted by Gasteiger charge is 2.25. The Hall–Kier alpha value is -1.58. The minimum Gasteiger partial charge on any atom is -0.322 e. The molecule has 0 aromatic heterocycles. The number of piperidine rings is 1. The largest absolute Gasteiger partial charge is 0.322 e. The van der Waals surface area contributed by atoms with E-state index in [9.17, 15) is 9.18 Å². The number of hydrogen-bond acceptors (Lipinski definition) is 1. The molecule has 0 unspecified atom stereocenters. The molecule has 1 fully saturated rings. The molecule has 1 heterocycles. The minimum absolute atomic E-state index is 0.0758. The van der Waals surface area contributed by atoms with Crippen LogP contribution in [0.1, 0.15) is 32.6 Å². The third-order valence-corrected chi connectivity index (χ3v) is 3.45. The molecule has 0 aliphatic carbocycles. The van der Waals surface area contributed by atoms with Gasteiger partial charge in [0, 0.05) is 18.3 Å². The van der Waals surface area contributed by atoms with E-state index in [1.165, 1.54) is 18.6 Å². The summed E-state index contributed by atoms with van der Waals surface area (Å²) >= 11 is 0. The monoisotopic (exact) mass is 250 g/mol. The van der Waals surface area contributed by atoms with Crippen molar-refractivity contribution in [2.75, 3.05) is 11.9 Å². The minimum atomic E-state index is -0.294. The second kappa shape index (κ2) is 5.85. The molecule has 1 aliphatic rings. The van der Waals surface area contributed by atoms with Crippen LogP contribution in [0.3, 0.4) is 0 Å². The maximum atomic E-state index is 12.8. The molecule has 1 saturated heterocycles. The number of likely N-dealkylation sites (tertiary alicyclic amines) is 1. The third-order valence-electron chi connectivity index (χ3n) is 3.45. The maximum Gasteiger partial charge on any atom is 0.322 e. The second-order valence-electron chi connectivity index (χ2n) is 4.69. The fraction of sp³-hybridized carbons (Fsp3) is 0.500. The Bertz CT molecular complexity index is 405. The number of carbonyl (C=O) groups is 1. The number of halogens is 1. The first-order valence-electron chi connectivity index (χ1n) is 6.54. The van der Waals surface area contributed by atoms with Crippen LogP contribution in [0.5, 0.6) is 0 Å². The zero-order valence-corrected chi connectivity index (χ0v) is 10.7. The van der Waals surface area contributed by atoms with Crippen molar-refractivity contribution in [3.05, 3.63) is 30.1 Å². The van der Waals surface area contributed by atoms with Crippen molar-refractivity contribution in [2.45, 2.75) is 38.6 Å². The van der Waals surface area contributed by atoms with Crippen molar-refractivity contribution in [3.8, 4) is 0 Å². The van der Waals surface area contributed by atoms with Gasteiger partial charge in [0.1, 0.15) is 5.82 Å². The highest BCUT2D eigenvalue weighted by atomic mass is 19.1. The summed E-state index contributed by atoms with van der Waals surface area (Å²) < 4.78 is 12.8. The van der Waals surface area contributed by atoms with Crippen molar-refractivity contribution in [1.82, 2.24) is 4.90 Å². The van der Waals surface area contributed by atoms with Crippen LogP contribution in [0, 0.1) is 5.82 Å². The molecule has 0 spiro atoms. The van der Waals surface area contributed by atoms with Crippen LogP contribution in [-0.4, -0.2) is 23.5 Å². The van der Waals surface area contributed by atoms with Gasteiger partial charge in [-0.25, -0.2) is 9.18 Å². The first kappa shape index (κ1) is 12.9. The summed E-state index contributed by atoms with van der Waals surface area (Å²) in [5, 5.41) is 2.82. The van der Waals surface area contributed by atoms with Crippen LogP contribution in [0.2, 0.25) is 0 Å². The van der Waals surface area contributed by atoms with Gasteiger partial charge in [-0.2, -0.15) is 0 Å². The molecule has 0 bridgehead atoms. The van der Waals surface area contributed by atoms with Gasteiger partial charge in [0.15, 0.2) is 0 Å². The number of nitrogens with zero attached hydrogens (tertiary/aromatic N) is 1. The van der Waals surface area contributed by atoms with E-state index in [0.717, 1.165) is 25.8 Å². The lowest BCUT2D eigenvalue weighted by molar-refractivity contribution is 0.160. The zero-order valence-electron chi connectivity index (χ0n) is 10.7. The summed E-state index contributed by atoms with van der Waals surface area (Å²) in [6.45, 7) is 2.92. The lowest BCUT2D eigenvalue weighted by Gasteiger charge is -2.35. The van der Waals surface area contributed by atoms with E-state index < -0.39 is 0 Å². The van der Waals surface area contributed by atoms with Crippen LogP contribution < -0.4 is 5.32 Å². The van der Waals surface area contributed by atoms with Crippen molar-refractivity contribution in [3.63, 3.8) is 0 Å². The first-order chi connectivity index (χ1) is 8.70. The van der Waals surface area contributed by atoms with E-state index in [2.05, 4.69) is 12.2 Å². The third kappa shape index (κ3) is 3.00.